The summed E-state index contributed by atoms with van der Waals surface area (Å²) in [7, 11) is 1.87. The van der Waals surface area contributed by atoms with Gasteiger partial charge in [0.2, 0.25) is 0 Å². The molecular weight excluding hydrogens is 172 g/mol. The lowest BCUT2D eigenvalue weighted by Gasteiger charge is -2.35. The van der Waals surface area contributed by atoms with E-state index in [9.17, 15) is 0 Å². The Kier molecular flexibility index (Phi) is 3.86. The Bertz CT molecular complexity index is 153. The zero-order valence-corrected chi connectivity index (χ0v) is 9.50. The van der Waals surface area contributed by atoms with E-state index in [2.05, 4.69) is 0 Å². The standard InChI is InChI=1S/C13H24O/c1-14-13-9-7-12(8-10-13)11-5-3-2-4-6-11/h11-13H,2-10H2,1H3/t12-,13-. The van der Waals surface area contributed by atoms with Gasteiger partial charge in [-0.15, -0.1) is 0 Å². The molecule has 0 spiro atoms. The second-order valence-electron chi connectivity index (χ2n) is 5.17. The molecule has 0 amide bonds. The van der Waals surface area contributed by atoms with Gasteiger partial charge in [0, 0.05) is 7.11 Å². The highest BCUT2D eigenvalue weighted by Crippen LogP contribution is 2.38. The fourth-order valence-electron chi connectivity index (χ4n) is 3.40. The van der Waals surface area contributed by atoms with Crippen LogP contribution in [0.15, 0.2) is 0 Å². The summed E-state index contributed by atoms with van der Waals surface area (Å²) in [5.74, 6) is 2.11. The van der Waals surface area contributed by atoms with Crippen LogP contribution in [0, 0.1) is 11.8 Å². The van der Waals surface area contributed by atoms with Crippen molar-refractivity contribution in [2.24, 2.45) is 11.8 Å². The zero-order valence-electron chi connectivity index (χ0n) is 9.50. The lowest BCUT2D eigenvalue weighted by molar-refractivity contribution is 0.0418. The first-order valence-electron chi connectivity index (χ1n) is 6.43. The Morgan fingerprint density at radius 2 is 1.29 bits per heavy atom. The summed E-state index contributed by atoms with van der Waals surface area (Å²) < 4.78 is 5.43. The topological polar surface area (TPSA) is 9.23 Å². The molecule has 82 valence electrons. The number of methoxy groups -OCH3 is 1. The van der Waals surface area contributed by atoms with Crippen molar-refractivity contribution >= 4 is 0 Å². The molecule has 0 radical (unpaired) electrons. The van der Waals surface area contributed by atoms with Gasteiger partial charge in [-0.25, -0.2) is 0 Å². The molecular formula is C13H24O. The first kappa shape index (κ1) is 10.5. The van der Waals surface area contributed by atoms with Crippen molar-refractivity contribution in [2.45, 2.75) is 63.9 Å². The average Bonchev–Trinajstić information content (AvgIpc) is 2.30. The van der Waals surface area contributed by atoms with Crippen molar-refractivity contribution in [3.05, 3.63) is 0 Å². The summed E-state index contributed by atoms with van der Waals surface area (Å²) in [4.78, 5) is 0. The molecule has 0 aromatic heterocycles. The average molecular weight is 196 g/mol. The lowest BCUT2D eigenvalue weighted by atomic mass is 9.73. The third-order valence-corrected chi connectivity index (χ3v) is 4.37. The molecule has 2 aliphatic rings. The third-order valence-electron chi connectivity index (χ3n) is 4.37. The second kappa shape index (κ2) is 5.16. The van der Waals surface area contributed by atoms with Crippen LogP contribution in [0.4, 0.5) is 0 Å². The van der Waals surface area contributed by atoms with Crippen molar-refractivity contribution in [1.82, 2.24) is 0 Å². The number of rotatable bonds is 2. The van der Waals surface area contributed by atoms with Gasteiger partial charge in [0.25, 0.3) is 0 Å². The monoisotopic (exact) mass is 196 g/mol. The normalized spacial score (nSPS) is 35.8. The Labute approximate surface area is 88.2 Å². The Hall–Kier alpha value is -0.0400. The molecule has 2 fully saturated rings. The molecule has 0 heterocycles. The maximum Gasteiger partial charge on any atom is 0.0571 e. The molecule has 0 aromatic rings. The first-order chi connectivity index (χ1) is 6.90. The van der Waals surface area contributed by atoms with E-state index in [0.717, 1.165) is 11.8 Å². The molecule has 0 bridgehead atoms. The van der Waals surface area contributed by atoms with E-state index in [4.69, 9.17) is 4.74 Å². The fourth-order valence-corrected chi connectivity index (χ4v) is 3.40. The van der Waals surface area contributed by atoms with E-state index in [1.54, 1.807) is 0 Å². The Balaban J connectivity index is 1.76. The van der Waals surface area contributed by atoms with E-state index < -0.39 is 0 Å². The highest BCUT2D eigenvalue weighted by Gasteiger charge is 2.28. The van der Waals surface area contributed by atoms with Crippen LogP contribution in [0.2, 0.25) is 0 Å². The van der Waals surface area contributed by atoms with Crippen molar-refractivity contribution < 1.29 is 4.74 Å². The minimum Gasteiger partial charge on any atom is -0.381 e. The zero-order chi connectivity index (χ0) is 9.80. The Morgan fingerprint density at radius 3 is 1.86 bits per heavy atom. The van der Waals surface area contributed by atoms with Crippen LogP contribution < -0.4 is 0 Å². The summed E-state index contributed by atoms with van der Waals surface area (Å²) in [6, 6.07) is 0. The number of ether oxygens (including phenoxy) is 1. The second-order valence-corrected chi connectivity index (χ2v) is 5.17. The predicted octanol–water partition coefficient (Wildman–Crippen LogP) is 3.77. The van der Waals surface area contributed by atoms with Crippen molar-refractivity contribution in [3.8, 4) is 0 Å². The summed E-state index contributed by atoms with van der Waals surface area (Å²) in [5, 5.41) is 0. The van der Waals surface area contributed by atoms with E-state index >= 15 is 0 Å². The molecule has 14 heavy (non-hydrogen) atoms. The molecule has 2 saturated carbocycles. The maximum atomic E-state index is 5.43. The van der Waals surface area contributed by atoms with Gasteiger partial charge in [0.15, 0.2) is 0 Å². The quantitative estimate of drug-likeness (QED) is 0.653. The maximum absolute atomic E-state index is 5.43. The largest absolute Gasteiger partial charge is 0.381 e. The SMILES string of the molecule is CO[C@H]1CC[C@H](C2CCCCC2)CC1. The van der Waals surface area contributed by atoms with Crippen molar-refractivity contribution in [2.75, 3.05) is 7.11 Å². The third kappa shape index (κ3) is 2.50. The summed E-state index contributed by atoms with van der Waals surface area (Å²) in [6.07, 6.45) is 13.6. The van der Waals surface area contributed by atoms with Gasteiger partial charge >= 0.3 is 0 Å². The van der Waals surface area contributed by atoms with Crippen molar-refractivity contribution in [1.29, 1.82) is 0 Å². The van der Waals surface area contributed by atoms with Gasteiger partial charge in [-0.3, -0.25) is 0 Å². The van der Waals surface area contributed by atoms with Gasteiger partial charge in [-0.05, 0) is 37.5 Å². The number of hydrogen-bond donors (Lipinski definition) is 0. The molecule has 0 aliphatic heterocycles. The van der Waals surface area contributed by atoms with Crippen LogP contribution in [-0.4, -0.2) is 13.2 Å². The highest BCUT2D eigenvalue weighted by atomic mass is 16.5. The van der Waals surface area contributed by atoms with E-state index in [1.165, 1.54) is 57.8 Å². The van der Waals surface area contributed by atoms with Crippen molar-refractivity contribution in [3.63, 3.8) is 0 Å². The molecule has 0 unspecified atom stereocenters. The predicted molar refractivity (Wildman–Crippen MR) is 59.3 cm³/mol. The number of hydrogen-bond acceptors (Lipinski definition) is 1. The fraction of sp³-hybridized carbons (Fsp3) is 1.00. The minimum absolute atomic E-state index is 0.579. The van der Waals surface area contributed by atoms with Gasteiger partial charge in [-0.2, -0.15) is 0 Å². The van der Waals surface area contributed by atoms with Gasteiger partial charge in [0.05, 0.1) is 6.10 Å². The lowest BCUT2D eigenvalue weighted by Crippen LogP contribution is -2.26. The van der Waals surface area contributed by atoms with Crippen LogP contribution in [0.3, 0.4) is 0 Å². The summed E-state index contributed by atoms with van der Waals surface area (Å²) >= 11 is 0. The molecule has 2 rings (SSSR count). The van der Waals surface area contributed by atoms with Crippen LogP contribution in [0.1, 0.15) is 57.8 Å². The smallest absolute Gasteiger partial charge is 0.0571 e. The minimum atomic E-state index is 0.579. The van der Waals surface area contributed by atoms with Gasteiger partial charge < -0.3 is 4.74 Å². The molecule has 0 atom stereocenters. The van der Waals surface area contributed by atoms with E-state index in [1.807, 2.05) is 7.11 Å². The molecule has 0 N–H and O–H groups in total. The van der Waals surface area contributed by atoms with E-state index in [0.29, 0.717) is 6.10 Å². The molecule has 0 saturated heterocycles. The van der Waals surface area contributed by atoms with E-state index in [-0.39, 0.29) is 0 Å². The highest BCUT2D eigenvalue weighted by molar-refractivity contribution is 4.79. The van der Waals surface area contributed by atoms with Crippen LogP contribution >= 0.6 is 0 Å². The first-order valence-corrected chi connectivity index (χ1v) is 6.43. The molecule has 1 heteroatoms. The molecule has 0 aromatic carbocycles. The summed E-state index contributed by atoms with van der Waals surface area (Å²) in [5.41, 5.74) is 0. The van der Waals surface area contributed by atoms with Crippen LogP contribution in [-0.2, 0) is 4.74 Å². The molecule has 1 nitrogen and oxygen atoms in total. The Morgan fingerprint density at radius 1 is 0.714 bits per heavy atom. The summed E-state index contributed by atoms with van der Waals surface area (Å²) in [6.45, 7) is 0. The van der Waals surface area contributed by atoms with Crippen LogP contribution in [0.25, 0.3) is 0 Å². The molecule has 2 aliphatic carbocycles. The van der Waals surface area contributed by atoms with Crippen LogP contribution in [0.5, 0.6) is 0 Å². The van der Waals surface area contributed by atoms with Gasteiger partial charge in [-0.1, -0.05) is 32.1 Å². The van der Waals surface area contributed by atoms with Gasteiger partial charge in [0.1, 0.15) is 0 Å².